The van der Waals surface area contributed by atoms with Gasteiger partial charge in [0, 0.05) is 19.6 Å². The lowest BCUT2D eigenvalue weighted by Gasteiger charge is -2.32. The molecule has 1 saturated heterocycles. The molecule has 3 N–H and O–H groups in total. The first kappa shape index (κ1) is 12.4. The van der Waals surface area contributed by atoms with Gasteiger partial charge in [-0.2, -0.15) is 0 Å². The molecule has 0 spiro atoms. The maximum absolute atomic E-state index is 11.6. The molecule has 1 heterocycles. The number of hydrogen-bond acceptors (Lipinski definition) is 4. The predicted molar refractivity (Wildman–Crippen MR) is 55.8 cm³/mol. The molecule has 1 aliphatic heterocycles. The molecule has 0 aromatic heterocycles. The highest BCUT2D eigenvalue weighted by atomic mass is 16.2. The predicted octanol–water partition coefficient (Wildman–Crippen LogP) is -1.94. The van der Waals surface area contributed by atoms with Gasteiger partial charge in [-0.15, -0.1) is 0 Å². The molecule has 0 aliphatic carbocycles. The summed E-state index contributed by atoms with van der Waals surface area (Å²) in [6.45, 7) is 3.18. The molecule has 1 rings (SSSR count). The second-order valence-corrected chi connectivity index (χ2v) is 3.59. The van der Waals surface area contributed by atoms with Crippen LogP contribution in [-0.2, 0) is 14.4 Å². The Morgan fingerprint density at radius 3 is 2.44 bits per heavy atom. The number of hydrazine groups is 1. The number of rotatable bonds is 4. The molecule has 0 bridgehead atoms. The van der Waals surface area contributed by atoms with Crippen LogP contribution in [0, 0.1) is 0 Å². The summed E-state index contributed by atoms with van der Waals surface area (Å²) < 4.78 is 0. The van der Waals surface area contributed by atoms with Gasteiger partial charge in [0.1, 0.15) is 6.54 Å². The van der Waals surface area contributed by atoms with E-state index in [-0.39, 0.29) is 6.54 Å². The summed E-state index contributed by atoms with van der Waals surface area (Å²) in [6, 6.07) is 0. The smallest absolute Gasteiger partial charge is 0.312 e. The molecule has 1 aliphatic rings. The molecule has 90 valence electrons. The number of piperazine rings is 1. The molecular formula is C9H16N4O3. The van der Waals surface area contributed by atoms with E-state index >= 15 is 0 Å². The SMILES string of the molecule is CCCN1CCN(CC(=O)NN)C(=O)C1=O. The highest BCUT2D eigenvalue weighted by molar-refractivity contribution is 6.35. The second kappa shape index (κ2) is 5.45. The number of amides is 3. The molecule has 0 unspecified atom stereocenters. The molecule has 0 saturated carbocycles. The zero-order chi connectivity index (χ0) is 12.1. The molecule has 16 heavy (non-hydrogen) atoms. The van der Waals surface area contributed by atoms with Gasteiger partial charge in [0.15, 0.2) is 0 Å². The Bertz CT molecular complexity index is 305. The van der Waals surface area contributed by atoms with Crippen LogP contribution >= 0.6 is 0 Å². The highest BCUT2D eigenvalue weighted by Crippen LogP contribution is 2.05. The Kier molecular flexibility index (Phi) is 4.24. The van der Waals surface area contributed by atoms with Crippen LogP contribution in [0.4, 0.5) is 0 Å². The normalized spacial score (nSPS) is 16.6. The Morgan fingerprint density at radius 2 is 1.88 bits per heavy atom. The molecule has 7 nitrogen and oxygen atoms in total. The van der Waals surface area contributed by atoms with Crippen molar-refractivity contribution >= 4 is 17.7 Å². The molecule has 7 heteroatoms. The van der Waals surface area contributed by atoms with Crippen molar-refractivity contribution in [1.29, 1.82) is 0 Å². The lowest BCUT2D eigenvalue weighted by Crippen LogP contribution is -2.56. The summed E-state index contributed by atoms with van der Waals surface area (Å²) in [5.41, 5.74) is 1.93. The van der Waals surface area contributed by atoms with Crippen molar-refractivity contribution in [1.82, 2.24) is 15.2 Å². The molecule has 0 aromatic rings. The Balaban J connectivity index is 2.58. The lowest BCUT2D eigenvalue weighted by molar-refractivity contribution is -0.156. The fourth-order valence-electron chi connectivity index (χ4n) is 1.57. The third-order valence-electron chi connectivity index (χ3n) is 2.39. The van der Waals surface area contributed by atoms with Gasteiger partial charge in [-0.3, -0.25) is 19.8 Å². The standard InChI is InChI=1S/C9H16N4O3/c1-2-3-12-4-5-13(6-7(14)11-10)9(16)8(12)15/h2-6,10H2,1H3,(H,11,14). The number of nitrogens with two attached hydrogens (primary N) is 1. The van der Waals surface area contributed by atoms with Crippen LogP contribution in [0.3, 0.4) is 0 Å². The van der Waals surface area contributed by atoms with E-state index in [0.717, 1.165) is 6.42 Å². The van der Waals surface area contributed by atoms with Crippen LogP contribution in [-0.4, -0.2) is 53.7 Å². The van der Waals surface area contributed by atoms with Gasteiger partial charge < -0.3 is 9.80 Å². The van der Waals surface area contributed by atoms with Crippen LogP contribution in [0.5, 0.6) is 0 Å². The van der Waals surface area contributed by atoms with E-state index < -0.39 is 17.7 Å². The van der Waals surface area contributed by atoms with Crippen LogP contribution in [0.25, 0.3) is 0 Å². The fourth-order valence-corrected chi connectivity index (χ4v) is 1.57. The third kappa shape index (κ3) is 2.69. The number of carbonyl (C=O) groups is 3. The summed E-state index contributed by atoms with van der Waals surface area (Å²) in [6.07, 6.45) is 0.808. The maximum Gasteiger partial charge on any atom is 0.312 e. The van der Waals surface area contributed by atoms with E-state index in [4.69, 9.17) is 5.84 Å². The first-order valence-electron chi connectivity index (χ1n) is 5.17. The summed E-state index contributed by atoms with van der Waals surface area (Å²) >= 11 is 0. The van der Waals surface area contributed by atoms with Gasteiger partial charge in [0.25, 0.3) is 5.91 Å². The van der Waals surface area contributed by atoms with Crippen molar-refractivity contribution in [3.05, 3.63) is 0 Å². The minimum atomic E-state index is -0.636. The largest absolute Gasteiger partial charge is 0.333 e. The van der Waals surface area contributed by atoms with Crippen molar-refractivity contribution < 1.29 is 14.4 Å². The topological polar surface area (TPSA) is 95.7 Å². The van der Waals surface area contributed by atoms with Crippen molar-refractivity contribution in [2.45, 2.75) is 13.3 Å². The molecule has 3 amide bonds. The Labute approximate surface area is 93.5 Å². The molecule has 1 fully saturated rings. The van der Waals surface area contributed by atoms with E-state index in [9.17, 15) is 14.4 Å². The second-order valence-electron chi connectivity index (χ2n) is 3.59. The van der Waals surface area contributed by atoms with Crippen molar-refractivity contribution in [2.75, 3.05) is 26.2 Å². The Hall–Kier alpha value is -1.63. The van der Waals surface area contributed by atoms with E-state index in [2.05, 4.69) is 0 Å². The highest BCUT2D eigenvalue weighted by Gasteiger charge is 2.32. The van der Waals surface area contributed by atoms with Crippen molar-refractivity contribution in [3.8, 4) is 0 Å². The molecule has 0 aromatic carbocycles. The summed E-state index contributed by atoms with van der Waals surface area (Å²) in [5.74, 6) is 3.25. The lowest BCUT2D eigenvalue weighted by atomic mass is 10.2. The zero-order valence-corrected chi connectivity index (χ0v) is 9.23. The van der Waals surface area contributed by atoms with E-state index in [1.54, 1.807) is 0 Å². The summed E-state index contributed by atoms with van der Waals surface area (Å²) in [5, 5.41) is 0. The van der Waals surface area contributed by atoms with Crippen LogP contribution in [0.1, 0.15) is 13.3 Å². The van der Waals surface area contributed by atoms with E-state index in [0.29, 0.717) is 19.6 Å². The minimum absolute atomic E-state index is 0.166. The van der Waals surface area contributed by atoms with Crippen molar-refractivity contribution in [2.24, 2.45) is 5.84 Å². The van der Waals surface area contributed by atoms with Gasteiger partial charge in [-0.05, 0) is 6.42 Å². The van der Waals surface area contributed by atoms with Gasteiger partial charge >= 0.3 is 11.8 Å². The van der Waals surface area contributed by atoms with Crippen LogP contribution in [0.15, 0.2) is 0 Å². The number of nitrogens with zero attached hydrogens (tertiary/aromatic N) is 2. The van der Waals surface area contributed by atoms with Crippen molar-refractivity contribution in [3.63, 3.8) is 0 Å². The Morgan fingerprint density at radius 1 is 1.31 bits per heavy atom. The van der Waals surface area contributed by atoms with Gasteiger partial charge in [0.2, 0.25) is 0 Å². The van der Waals surface area contributed by atoms with Gasteiger partial charge in [0.05, 0.1) is 0 Å². The fraction of sp³-hybridized carbons (Fsp3) is 0.667. The number of hydrogen-bond donors (Lipinski definition) is 2. The first-order valence-corrected chi connectivity index (χ1v) is 5.17. The average molecular weight is 228 g/mol. The zero-order valence-electron chi connectivity index (χ0n) is 9.23. The molecule has 0 atom stereocenters. The van der Waals surface area contributed by atoms with E-state index in [1.807, 2.05) is 12.3 Å². The summed E-state index contributed by atoms with van der Waals surface area (Å²) in [4.78, 5) is 36.8. The van der Waals surface area contributed by atoms with Gasteiger partial charge in [-0.1, -0.05) is 6.92 Å². The maximum atomic E-state index is 11.6. The quantitative estimate of drug-likeness (QED) is 0.253. The van der Waals surface area contributed by atoms with Gasteiger partial charge in [-0.25, -0.2) is 5.84 Å². The van der Waals surface area contributed by atoms with Crippen LogP contribution in [0.2, 0.25) is 0 Å². The third-order valence-corrected chi connectivity index (χ3v) is 2.39. The molecule has 0 radical (unpaired) electrons. The average Bonchev–Trinajstić information content (AvgIpc) is 2.28. The summed E-state index contributed by atoms with van der Waals surface area (Å²) in [7, 11) is 0. The molecular weight excluding hydrogens is 212 g/mol. The van der Waals surface area contributed by atoms with E-state index in [1.165, 1.54) is 9.80 Å². The first-order chi connectivity index (χ1) is 7.60. The monoisotopic (exact) mass is 228 g/mol. The number of carbonyl (C=O) groups excluding carboxylic acids is 3. The number of nitrogens with one attached hydrogen (secondary N) is 1. The minimum Gasteiger partial charge on any atom is -0.333 e. The van der Waals surface area contributed by atoms with Crippen LogP contribution < -0.4 is 11.3 Å².